The number of aliphatic hydroxyl groups is 1. The Bertz CT molecular complexity index is 709. The second-order valence-corrected chi connectivity index (χ2v) is 7.07. The number of hydrogen-bond acceptors (Lipinski definition) is 4. The number of nitrogens with one attached hydrogen (secondary N) is 1. The molecule has 4 rings (SSSR count). The van der Waals surface area contributed by atoms with E-state index in [4.69, 9.17) is 4.74 Å². The maximum atomic E-state index is 12.5. The molecule has 2 aromatic rings. The van der Waals surface area contributed by atoms with E-state index in [0.717, 1.165) is 18.4 Å². The average molecular weight is 341 g/mol. The van der Waals surface area contributed by atoms with Gasteiger partial charge in [0.25, 0.3) is 5.91 Å². The van der Waals surface area contributed by atoms with E-state index in [2.05, 4.69) is 10.2 Å². The van der Waals surface area contributed by atoms with Crippen LogP contribution in [0.2, 0.25) is 0 Å². The number of nitrogens with zero attached hydrogens (tertiary/aromatic N) is 2. The second-order valence-electron chi connectivity index (χ2n) is 7.07. The number of hydrogen-bond donors (Lipinski definition) is 2. The molecule has 6 nitrogen and oxygen atoms in total. The van der Waals surface area contributed by atoms with Gasteiger partial charge in [0.15, 0.2) is 0 Å². The number of piperidine rings is 1. The number of H-pyrrole nitrogens is 1. The highest BCUT2D eigenvalue weighted by Gasteiger charge is 2.44. The molecule has 2 N–H and O–H groups in total. The van der Waals surface area contributed by atoms with Crippen molar-refractivity contribution >= 4 is 5.91 Å². The van der Waals surface area contributed by atoms with E-state index in [9.17, 15) is 9.90 Å². The number of likely N-dealkylation sites (tertiary alicyclic amines) is 1. The van der Waals surface area contributed by atoms with Crippen molar-refractivity contribution in [2.75, 3.05) is 13.1 Å². The molecule has 132 valence electrons. The Hall–Kier alpha value is -2.18. The summed E-state index contributed by atoms with van der Waals surface area (Å²) >= 11 is 0. The van der Waals surface area contributed by atoms with E-state index in [0.29, 0.717) is 31.5 Å². The van der Waals surface area contributed by atoms with E-state index < -0.39 is 0 Å². The lowest BCUT2D eigenvalue weighted by Crippen LogP contribution is -2.52. The summed E-state index contributed by atoms with van der Waals surface area (Å²) in [5, 5.41) is 16.9. The first kappa shape index (κ1) is 16.3. The maximum absolute atomic E-state index is 12.5. The molecular formula is C19H23N3O3. The van der Waals surface area contributed by atoms with Crippen LogP contribution in [-0.4, -0.2) is 50.9 Å². The quantitative estimate of drug-likeness (QED) is 0.878. The van der Waals surface area contributed by atoms with Gasteiger partial charge in [-0.2, -0.15) is 5.10 Å². The summed E-state index contributed by atoms with van der Waals surface area (Å²) in [6.45, 7) is 1.27. The van der Waals surface area contributed by atoms with Crippen LogP contribution in [0.4, 0.5) is 0 Å². The lowest BCUT2D eigenvalue weighted by molar-refractivity contribution is -0.181. The highest BCUT2D eigenvalue weighted by molar-refractivity contribution is 5.93. The maximum Gasteiger partial charge on any atom is 0.257 e. The number of rotatable bonds is 2. The number of ether oxygens (including phenoxy) is 1. The zero-order valence-corrected chi connectivity index (χ0v) is 14.1. The van der Waals surface area contributed by atoms with Gasteiger partial charge in [0.2, 0.25) is 0 Å². The van der Waals surface area contributed by atoms with Crippen molar-refractivity contribution < 1.29 is 14.6 Å². The molecule has 2 saturated heterocycles. The van der Waals surface area contributed by atoms with Crippen molar-refractivity contribution in [2.45, 2.75) is 43.5 Å². The van der Waals surface area contributed by atoms with Gasteiger partial charge in [0.1, 0.15) is 0 Å². The van der Waals surface area contributed by atoms with Crippen LogP contribution in [0.25, 0.3) is 0 Å². The molecule has 0 unspecified atom stereocenters. The van der Waals surface area contributed by atoms with Crippen LogP contribution < -0.4 is 0 Å². The number of aromatic nitrogens is 2. The van der Waals surface area contributed by atoms with Gasteiger partial charge in [-0.25, -0.2) is 0 Å². The molecule has 2 aliphatic heterocycles. The Kier molecular flexibility index (Phi) is 4.31. The van der Waals surface area contributed by atoms with Gasteiger partial charge in [-0.05, 0) is 18.4 Å². The molecule has 0 saturated carbocycles. The molecule has 2 aliphatic rings. The predicted molar refractivity (Wildman–Crippen MR) is 92.0 cm³/mol. The number of carbonyl (C=O) groups is 1. The van der Waals surface area contributed by atoms with Crippen molar-refractivity contribution in [3.8, 4) is 0 Å². The Morgan fingerprint density at radius 3 is 2.72 bits per heavy atom. The van der Waals surface area contributed by atoms with Gasteiger partial charge in [0.05, 0.1) is 29.6 Å². The molecule has 0 bridgehead atoms. The minimum atomic E-state index is -0.366. The minimum Gasteiger partial charge on any atom is -0.393 e. The lowest BCUT2D eigenvalue weighted by atomic mass is 9.81. The van der Waals surface area contributed by atoms with Crippen LogP contribution in [0.3, 0.4) is 0 Å². The van der Waals surface area contributed by atoms with Crippen LogP contribution >= 0.6 is 0 Å². The van der Waals surface area contributed by atoms with Crippen LogP contribution in [0.15, 0.2) is 42.7 Å². The molecule has 1 amide bonds. The molecule has 0 aliphatic carbocycles. The van der Waals surface area contributed by atoms with E-state index >= 15 is 0 Å². The summed E-state index contributed by atoms with van der Waals surface area (Å²) in [4.78, 5) is 14.3. The fourth-order valence-electron chi connectivity index (χ4n) is 4.02. The van der Waals surface area contributed by atoms with Crippen molar-refractivity contribution in [1.82, 2.24) is 15.1 Å². The van der Waals surface area contributed by atoms with Gasteiger partial charge in [-0.1, -0.05) is 30.3 Å². The molecule has 6 heteroatoms. The van der Waals surface area contributed by atoms with E-state index in [1.54, 1.807) is 12.4 Å². The third kappa shape index (κ3) is 3.32. The average Bonchev–Trinajstić information content (AvgIpc) is 3.17. The van der Waals surface area contributed by atoms with Crippen LogP contribution in [0, 0.1) is 0 Å². The molecule has 1 aromatic carbocycles. The van der Waals surface area contributed by atoms with Gasteiger partial charge in [-0.15, -0.1) is 0 Å². The summed E-state index contributed by atoms with van der Waals surface area (Å²) in [7, 11) is 0. The molecule has 1 aromatic heterocycles. The van der Waals surface area contributed by atoms with Gasteiger partial charge >= 0.3 is 0 Å². The Balaban J connectivity index is 1.45. The largest absolute Gasteiger partial charge is 0.393 e. The summed E-state index contributed by atoms with van der Waals surface area (Å²) < 4.78 is 6.47. The van der Waals surface area contributed by atoms with E-state index in [1.807, 2.05) is 35.2 Å². The normalized spacial score (nSPS) is 25.9. The summed E-state index contributed by atoms with van der Waals surface area (Å²) in [6, 6.07) is 10.1. The Labute approximate surface area is 146 Å². The number of amides is 1. The zero-order valence-electron chi connectivity index (χ0n) is 14.1. The highest BCUT2D eigenvalue weighted by atomic mass is 16.5. The summed E-state index contributed by atoms with van der Waals surface area (Å²) in [5.41, 5.74) is 1.35. The van der Waals surface area contributed by atoms with E-state index in [-0.39, 0.29) is 23.7 Å². The SMILES string of the molecule is O=C(c1cn[nH]c1)N1CCC2(CC1)C[C@H](O)C[C@H](c1ccccc1)O2. The van der Waals surface area contributed by atoms with Gasteiger partial charge in [-0.3, -0.25) is 9.89 Å². The fraction of sp³-hybridized carbons (Fsp3) is 0.474. The third-order valence-electron chi connectivity index (χ3n) is 5.36. The third-order valence-corrected chi connectivity index (χ3v) is 5.36. The first-order valence-corrected chi connectivity index (χ1v) is 8.84. The first-order chi connectivity index (χ1) is 12.2. The van der Waals surface area contributed by atoms with Crippen molar-refractivity contribution in [3.05, 3.63) is 53.9 Å². The molecule has 25 heavy (non-hydrogen) atoms. The second kappa shape index (κ2) is 6.61. The van der Waals surface area contributed by atoms with Crippen molar-refractivity contribution in [2.24, 2.45) is 0 Å². The lowest BCUT2D eigenvalue weighted by Gasteiger charge is -2.48. The highest BCUT2D eigenvalue weighted by Crippen LogP contribution is 2.43. The number of benzene rings is 1. The topological polar surface area (TPSA) is 78.5 Å². The van der Waals surface area contributed by atoms with Crippen LogP contribution in [-0.2, 0) is 4.74 Å². The molecule has 3 heterocycles. The molecular weight excluding hydrogens is 318 g/mol. The van der Waals surface area contributed by atoms with Crippen molar-refractivity contribution in [3.63, 3.8) is 0 Å². The molecule has 2 fully saturated rings. The molecule has 0 radical (unpaired) electrons. The summed E-state index contributed by atoms with van der Waals surface area (Å²) in [6.07, 6.45) is 5.50. The monoisotopic (exact) mass is 341 g/mol. The van der Waals surface area contributed by atoms with Crippen molar-refractivity contribution in [1.29, 1.82) is 0 Å². The minimum absolute atomic E-state index is 0.000401. The molecule has 2 atom stereocenters. The fourth-order valence-corrected chi connectivity index (χ4v) is 4.02. The Morgan fingerprint density at radius 2 is 2.04 bits per heavy atom. The zero-order chi connectivity index (χ0) is 17.3. The number of carbonyl (C=O) groups excluding carboxylic acids is 1. The van der Waals surface area contributed by atoms with Gasteiger partial charge in [0, 0.05) is 32.1 Å². The van der Waals surface area contributed by atoms with E-state index in [1.165, 1.54) is 0 Å². The van der Waals surface area contributed by atoms with Crippen LogP contribution in [0.5, 0.6) is 0 Å². The van der Waals surface area contributed by atoms with Crippen LogP contribution in [0.1, 0.15) is 47.7 Å². The number of aromatic amines is 1. The number of aliphatic hydroxyl groups excluding tert-OH is 1. The standard InChI is InChI=1S/C19H23N3O3/c23-16-10-17(14-4-2-1-3-5-14)25-19(11-16)6-8-22(9-7-19)18(24)15-12-20-21-13-15/h1-5,12-13,16-17,23H,6-11H2,(H,20,21)/t16-,17-/m1/s1. The Morgan fingerprint density at radius 1 is 1.28 bits per heavy atom. The predicted octanol–water partition coefficient (Wildman–Crippen LogP) is 2.30. The summed E-state index contributed by atoms with van der Waals surface area (Å²) in [5.74, 6) is -0.000401. The smallest absolute Gasteiger partial charge is 0.257 e. The van der Waals surface area contributed by atoms with Gasteiger partial charge < -0.3 is 14.7 Å². The molecule has 1 spiro atoms. The first-order valence-electron chi connectivity index (χ1n) is 8.84.